The highest BCUT2D eigenvalue weighted by Gasteiger charge is 2.09. The molecule has 0 fully saturated rings. The van der Waals surface area contributed by atoms with Crippen molar-refractivity contribution in [3.05, 3.63) is 38.1 Å². The van der Waals surface area contributed by atoms with Crippen molar-refractivity contribution in [2.75, 3.05) is 0 Å². The van der Waals surface area contributed by atoms with Crippen molar-refractivity contribution in [2.24, 2.45) is 0 Å². The van der Waals surface area contributed by atoms with Gasteiger partial charge in [-0.25, -0.2) is 4.98 Å². The van der Waals surface area contributed by atoms with Crippen LogP contribution in [0.15, 0.2) is 23.0 Å². The zero-order valence-corrected chi connectivity index (χ0v) is 12.0. The highest BCUT2D eigenvalue weighted by molar-refractivity contribution is 7.71. The molecule has 1 aromatic carbocycles. The fraction of sp³-hybridized carbons (Fsp3) is 0. The van der Waals surface area contributed by atoms with Gasteiger partial charge < -0.3 is 19.9 Å². The van der Waals surface area contributed by atoms with Crippen molar-refractivity contribution in [2.45, 2.75) is 0 Å². The van der Waals surface area contributed by atoms with Crippen LogP contribution in [-0.2, 0) is 0 Å². The topological polar surface area (TPSA) is 109 Å². The number of imidazole rings is 2. The number of benzene rings is 1. The Bertz CT molecular complexity index is 1160. The standard InChI is InChI=1S/C12H8N6OS2/c19-10-7-9(17-12(21)18-10)16-8(15-7)4-1-2-5-6(3-4)14-11(20)13-5/h1-3H,(H2,13,14,20)(H3,15,16,17,18,19,21). The molecule has 3 heterocycles. The molecule has 9 heteroatoms. The number of hydrogen-bond acceptors (Lipinski definition) is 4. The maximum Gasteiger partial charge on any atom is 0.277 e. The number of aromatic amines is 5. The van der Waals surface area contributed by atoms with Crippen LogP contribution in [0.5, 0.6) is 0 Å². The largest absolute Gasteiger partial charge is 0.332 e. The van der Waals surface area contributed by atoms with Crippen LogP contribution < -0.4 is 5.56 Å². The average molecular weight is 316 g/mol. The number of nitrogens with zero attached hydrogens (tertiary/aromatic N) is 1. The van der Waals surface area contributed by atoms with Crippen LogP contribution in [0, 0.1) is 9.54 Å². The smallest absolute Gasteiger partial charge is 0.277 e. The van der Waals surface area contributed by atoms with E-state index in [0.29, 0.717) is 21.8 Å². The number of fused-ring (bicyclic) bond motifs is 2. The molecule has 0 aliphatic rings. The molecule has 0 aliphatic carbocycles. The van der Waals surface area contributed by atoms with Crippen molar-refractivity contribution in [1.82, 2.24) is 29.9 Å². The van der Waals surface area contributed by atoms with Gasteiger partial charge in [-0.2, -0.15) is 0 Å². The van der Waals surface area contributed by atoms with Gasteiger partial charge in [-0.1, -0.05) is 0 Å². The summed E-state index contributed by atoms with van der Waals surface area (Å²) in [6, 6.07) is 5.70. The summed E-state index contributed by atoms with van der Waals surface area (Å²) in [6.07, 6.45) is 0. The van der Waals surface area contributed by atoms with Gasteiger partial charge in [0.2, 0.25) is 0 Å². The molecule has 4 rings (SSSR count). The fourth-order valence-electron chi connectivity index (χ4n) is 2.25. The summed E-state index contributed by atoms with van der Waals surface area (Å²) in [5.74, 6) is 0.578. The molecule has 0 spiro atoms. The number of H-pyrrole nitrogens is 5. The van der Waals surface area contributed by atoms with E-state index < -0.39 is 0 Å². The molecule has 21 heavy (non-hydrogen) atoms. The van der Waals surface area contributed by atoms with E-state index in [1.165, 1.54) is 0 Å². The second-order valence-corrected chi connectivity index (χ2v) is 5.37. The summed E-state index contributed by atoms with van der Waals surface area (Å²) in [4.78, 5) is 30.6. The lowest BCUT2D eigenvalue weighted by Crippen LogP contribution is -2.07. The van der Waals surface area contributed by atoms with E-state index in [4.69, 9.17) is 24.4 Å². The predicted molar refractivity (Wildman–Crippen MR) is 84.4 cm³/mol. The van der Waals surface area contributed by atoms with E-state index in [1.54, 1.807) is 0 Å². The van der Waals surface area contributed by atoms with Crippen LogP contribution in [-0.4, -0.2) is 29.9 Å². The van der Waals surface area contributed by atoms with Gasteiger partial charge in [-0.05, 0) is 42.6 Å². The van der Waals surface area contributed by atoms with Crippen LogP contribution >= 0.6 is 24.4 Å². The Hall–Kier alpha value is -2.52. The second kappa shape index (κ2) is 4.24. The lowest BCUT2D eigenvalue weighted by atomic mass is 10.2. The van der Waals surface area contributed by atoms with Crippen molar-refractivity contribution >= 4 is 46.6 Å². The first-order chi connectivity index (χ1) is 10.1. The van der Waals surface area contributed by atoms with Crippen molar-refractivity contribution in [3.63, 3.8) is 0 Å². The van der Waals surface area contributed by atoms with Crippen molar-refractivity contribution in [3.8, 4) is 11.4 Å². The van der Waals surface area contributed by atoms with Gasteiger partial charge in [0.1, 0.15) is 11.3 Å². The monoisotopic (exact) mass is 316 g/mol. The van der Waals surface area contributed by atoms with E-state index >= 15 is 0 Å². The summed E-state index contributed by atoms with van der Waals surface area (Å²) in [5, 5.41) is 0. The van der Waals surface area contributed by atoms with Crippen LogP contribution in [0.25, 0.3) is 33.6 Å². The van der Waals surface area contributed by atoms with Crippen LogP contribution in [0.2, 0.25) is 0 Å². The highest BCUT2D eigenvalue weighted by atomic mass is 32.1. The lowest BCUT2D eigenvalue weighted by Gasteiger charge is -1.96. The van der Waals surface area contributed by atoms with Gasteiger partial charge in [0.25, 0.3) is 5.56 Å². The number of rotatable bonds is 1. The van der Waals surface area contributed by atoms with Gasteiger partial charge in [-0.15, -0.1) is 0 Å². The molecule has 0 aliphatic heterocycles. The minimum absolute atomic E-state index is 0.246. The highest BCUT2D eigenvalue weighted by Crippen LogP contribution is 2.21. The SMILES string of the molecule is O=c1[nH]c(=S)[nH]c2nc(-c3ccc4[nH]c(=S)[nH]c4c3)[nH]c12. The maximum absolute atomic E-state index is 11.8. The Kier molecular flexibility index (Phi) is 2.47. The van der Waals surface area contributed by atoms with E-state index in [9.17, 15) is 4.79 Å². The zero-order valence-electron chi connectivity index (χ0n) is 10.4. The molecule has 0 bridgehead atoms. The van der Waals surface area contributed by atoms with Crippen LogP contribution in [0.3, 0.4) is 0 Å². The molecule has 4 aromatic rings. The molecule has 0 radical (unpaired) electrons. The Morgan fingerprint density at radius 1 is 0.905 bits per heavy atom. The van der Waals surface area contributed by atoms with Crippen LogP contribution in [0.4, 0.5) is 0 Å². The molecule has 5 N–H and O–H groups in total. The van der Waals surface area contributed by atoms with Gasteiger partial charge in [0, 0.05) is 5.56 Å². The van der Waals surface area contributed by atoms with Gasteiger partial charge in [0.05, 0.1) is 11.0 Å². The third kappa shape index (κ3) is 1.94. The lowest BCUT2D eigenvalue weighted by molar-refractivity contribution is 1.12. The molecule has 3 aromatic heterocycles. The molecule has 0 saturated heterocycles. The number of aromatic nitrogens is 6. The normalized spacial score (nSPS) is 11.4. The summed E-state index contributed by atoms with van der Waals surface area (Å²) in [6.45, 7) is 0. The first kappa shape index (κ1) is 12.2. The van der Waals surface area contributed by atoms with E-state index in [2.05, 4.69) is 29.9 Å². The number of nitrogens with one attached hydrogen (secondary N) is 5. The van der Waals surface area contributed by atoms with E-state index in [1.807, 2.05) is 18.2 Å². The Balaban J connectivity index is 1.99. The first-order valence-electron chi connectivity index (χ1n) is 6.05. The quantitative estimate of drug-likeness (QED) is 0.348. The summed E-state index contributed by atoms with van der Waals surface area (Å²) < 4.78 is 0.808. The van der Waals surface area contributed by atoms with Crippen molar-refractivity contribution < 1.29 is 0 Å². The zero-order chi connectivity index (χ0) is 14.6. The van der Waals surface area contributed by atoms with Gasteiger partial charge >= 0.3 is 0 Å². The van der Waals surface area contributed by atoms with Gasteiger partial charge in [0.15, 0.2) is 15.2 Å². The average Bonchev–Trinajstić information content (AvgIpc) is 2.99. The molecular formula is C12H8N6OS2. The predicted octanol–water partition coefficient (Wildman–Crippen LogP) is 2.51. The van der Waals surface area contributed by atoms with E-state index in [-0.39, 0.29) is 10.3 Å². The second-order valence-electron chi connectivity index (χ2n) is 4.56. The Labute approximate surface area is 126 Å². The minimum Gasteiger partial charge on any atom is -0.332 e. The molecule has 0 amide bonds. The summed E-state index contributed by atoms with van der Waals surface area (Å²) >= 11 is 9.99. The Morgan fingerprint density at radius 3 is 2.52 bits per heavy atom. The summed E-state index contributed by atoms with van der Waals surface area (Å²) in [7, 11) is 0. The fourth-order valence-corrected chi connectivity index (χ4v) is 2.66. The molecule has 0 unspecified atom stereocenters. The Morgan fingerprint density at radius 2 is 1.67 bits per heavy atom. The third-order valence-corrected chi connectivity index (χ3v) is 3.59. The molecule has 0 atom stereocenters. The summed E-state index contributed by atoms with van der Waals surface area (Å²) in [5.41, 5.74) is 3.12. The van der Waals surface area contributed by atoms with Gasteiger partial charge in [-0.3, -0.25) is 9.78 Å². The van der Waals surface area contributed by atoms with Crippen LogP contribution in [0.1, 0.15) is 0 Å². The molecule has 7 nitrogen and oxygen atoms in total. The van der Waals surface area contributed by atoms with E-state index in [0.717, 1.165) is 16.6 Å². The third-order valence-electron chi connectivity index (χ3n) is 3.18. The number of hydrogen-bond donors (Lipinski definition) is 5. The minimum atomic E-state index is -0.297. The molecule has 0 saturated carbocycles. The molecular weight excluding hydrogens is 308 g/mol. The maximum atomic E-state index is 11.8. The first-order valence-corrected chi connectivity index (χ1v) is 6.86. The molecule has 104 valence electrons. The van der Waals surface area contributed by atoms with Crippen molar-refractivity contribution in [1.29, 1.82) is 0 Å².